The van der Waals surface area contributed by atoms with Crippen molar-refractivity contribution in [3.05, 3.63) is 96.5 Å². The highest BCUT2D eigenvalue weighted by Gasteiger charge is 2.32. The fourth-order valence-electron chi connectivity index (χ4n) is 11.9. The Morgan fingerprint density at radius 2 is 0.667 bits per heavy atom. The van der Waals surface area contributed by atoms with Crippen LogP contribution in [0.25, 0.3) is 20.2 Å². The van der Waals surface area contributed by atoms with Crippen molar-refractivity contribution in [2.75, 3.05) is 19.8 Å². The average Bonchev–Trinajstić information content (AvgIpc) is 2.63. The summed E-state index contributed by atoms with van der Waals surface area (Å²) < 4.78 is 46.7. The van der Waals surface area contributed by atoms with Crippen molar-refractivity contribution >= 4 is 87.2 Å². The van der Waals surface area contributed by atoms with Crippen LogP contribution in [-0.2, 0) is 14.3 Å². The van der Waals surface area contributed by atoms with Crippen molar-refractivity contribution in [2.24, 2.45) is 17.8 Å². The zero-order valence-corrected chi connectivity index (χ0v) is 59.2. The highest BCUT2D eigenvalue weighted by molar-refractivity contribution is 7.86. The lowest BCUT2D eigenvalue weighted by molar-refractivity contribution is 0.0986. The maximum atomic E-state index is 12.5. The van der Waals surface area contributed by atoms with Crippen LogP contribution < -0.4 is 9.47 Å². The van der Waals surface area contributed by atoms with E-state index in [0.29, 0.717) is 45.2 Å². The van der Waals surface area contributed by atoms with Gasteiger partial charge in [-0.1, -0.05) is 252 Å². The lowest BCUT2D eigenvalue weighted by Crippen LogP contribution is -2.15. The number of ether oxygens (including phenoxy) is 2. The van der Waals surface area contributed by atoms with E-state index in [1.807, 2.05) is 41.7 Å². The van der Waals surface area contributed by atoms with E-state index in [-0.39, 0.29) is 16.5 Å². The number of fused-ring (bicyclic) bond motifs is 4. The van der Waals surface area contributed by atoms with E-state index in [4.69, 9.17) is 13.7 Å². The zero-order chi connectivity index (χ0) is 62.3. The summed E-state index contributed by atoms with van der Waals surface area (Å²) in [5.41, 5.74) is 2.18. The second-order valence-electron chi connectivity index (χ2n) is 25.0. The quantitative estimate of drug-likeness (QED) is 0.0277. The van der Waals surface area contributed by atoms with Gasteiger partial charge in [0.15, 0.2) is 0 Å². The minimum absolute atomic E-state index is 0.00847. The Morgan fingerprint density at radius 3 is 1.01 bits per heavy atom. The second kappa shape index (κ2) is 44.2. The van der Waals surface area contributed by atoms with Gasteiger partial charge in [0.25, 0.3) is 10.1 Å². The second-order valence-corrected chi connectivity index (χ2v) is 30.2. The summed E-state index contributed by atoms with van der Waals surface area (Å²) in [7, 11) is -3.65. The maximum Gasteiger partial charge on any atom is 0.296 e. The van der Waals surface area contributed by atoms with E-state index in [1.54, 1.807) is 35.0 Å². The molecule has 3 unspecified atom stereocenters. The number of aryl methyl sites for hydroxylation is 1. The van der Waals surface area contributed by atoms with E-state index in [9.17, 15) is 18.0 Å². The van der Waals surface area contributed by atoms with Crippen LogP contribution in [0.15, 0.2) is 74.9 Å². The number of rotatable bonds is 46. The summed E-state index contributed by atoms with van der Waals surface area (Å²) in [5.74, 6) is 3.85. The van der Waals surface area contributed by atoms with Gasteiger partial charge in [-0.2, -0.15) is 8.42 Å². The normalized spacial score (nSPS) is 13.2. The highest BCUT2D eigenvalue weighted by atomic mass is 32.2. The molecule has 12 heteroatoms. The first kappa shape index (κ1) is 74.3. The lowest BCUT2D eigenvalue weighted by atomic mass is 9.95. The van der Waals surface area contributed by atoms with Crippen molar-refractivity contribution in [1.29, 1.82) is 0 Å². The molecule has 1 aliphatic rings. The standard InChI is InChI=1S/C42H70O2S2.C23H40O3S.C10H4O2S2/c1-5-9-13-17-19-23-27-35(25-21-15-11-7-3)33-43-39-37-29-31-46-42(37)40(38-30-32-45-41(38)39)44-34-36(26-22-16-12-8-4)28-24-20-18-14-10-6-2;1-4-6-8-10-11-13-15-22(14-12-9-7-5-2)20-26-27(24,25)23-18-16-21(3)17-19-23;11-7-5-1-3-13-9(5)8(12)6-2-4-14-10(6)7/h29-32,35-36H,5-28,33-34H2,1-4H3;16-19,22H,4-15,20H2,1-3H3;1-4H. The van der Waals surface area contributed by atoms with E-state index in [2.05, 4.69) is 64.4 Å². The molecule has 2 aromatic carbocycles. The monoisotopic (exact) mass is 1290 g/mol. The molecule has 6 aromatic rings. The highest BCUT2D eigenvalue weighted by Crippen LogP contribution is 2.48. The van der Waals surface area contributed by atoms with Gasteiger partial charge >= 0.3 is 0 Å². The smallest absolute Gasteiger partial charge is 0.296 e. The molecule has 7 rings (SSSR count). The van der Waals surface area contributed by atoms with E-state index >= 15 is 0 Å². The number of thiophene rings is 4. The molecule has 1 aliphatic carbocycles. The van der Waals surface area contributed by atoms with Gasteiger partial charge in [0.05, 0.1) is 43.9 Å². The molecule has 0 spiro atoms. The Kier molecular flexibility index (Phi) is 37.7. The van der Waals surface area contributed by atoms with Gasteiger partial charge in [-0.25, -0.2) is 0 Å². The largest absolute Gasteiger partial charge is 0.491 e. The van der Waals surface area contributed by atoms with Crippen LogP contribution in [0.5, 0.6) is 11.5 Å². The van der Waals surface area contributed by atoms with Gasteiger partial charge in [0.1, 0.15) is 11.5 Å². The van der Waals surface area contributed by atoms with E-state index in [0.717, 1.165) is 43.1 Å². The SMILES string of the molecule is CCCCCCCCC(CCCCCC)COS(=O)(=O)c1ccc(C)cc1.CCCCCCCCC(CCCCCC)COc1c2ccsc2c(OCC(CCCCCC)CCCCCCCC)c2ccsc12.O=C1c2ccsc2C(=O)c2ccsc21. The minimum Gasteiger partial charge on any atom is -0.491 e. The van der Waals surface area contributed by atoms with Crippen LogP contribution in [0.4, 0.5) is 0 Å². The van der Waals surface area contributed by atoms with Crippen LogP contribution >= 0.6 is 45.3 Å². The Morgan fingerprint density at radius 1 is 0.368 bits per heavy atom. The van der Waals surface area contributed by atoms with Crippen LogP contribution in [0.1, 0.15) is 309 Å². The van der Waals surface area contributed by atoms with Gasteiger partial charge in [-0.05, 0) is 121 Å². The molecule has 0 bridgehead atoms. The Bertz CT molecular complexity index is 2640. The third-order valence-corrected chi connectivity index (χ3v) is 22.4. The number of hydrogen-bond acceptors (Lipinski definition) is 11. The first-order valence-electron chi connectivity index (χ1n) is 34.9. The van der Waals surface area contributed by atoms with Crippen molar-refractivity contribution in [3.63, 3.8) is 0 Å². The molecule has 0 fully saturated rings. The minimum atomic E-state index is -3.65. The average molecular weight is 1290 g/mol. The predicted octanol–water partition coefficient (Wildman–Crippen LogP) is 25.2. The molecule has 0 amide bonds. The fraction of sp³-hybridized carbons (Fsp3) is 0.653. The molecule has 0 N–H and O–H groups in total. The molecule has 4 heterocycles. The molecule has 0 saturated heterocycles. The maximum absolute atomic E-state index is 12.5. The number of carbonyl (C=O) groups is 2. The van der Waals surface area contributed by atoms with Crippen molar-refractivity contribution in [2.45, 2.75) is 285 Å². The number of benzene rings is 2. The Hall–Kier alpha value is -3.39. The Balaban J connectivity index is 0.000000279. The van der Waals surface area contributed by atoms with Crippen LogP contribution in [0, 0.1) is 24.7 Å². The molecule has 7 nitrogen and oxygen atoms in total. The molecule has 0 saturated carbocycles. The summed E-state index contributed by atoms with van der Waals surface area (Å²) in [5, 5.41) is 10.6. The van der Waals surface area contributed by atoms with Gasteiger partial charge in [0, 0.05) is 21.9 Å². The van der Waals surface area contributed by atoms with Crippen molar-refractivity contribution in [1.82, 2.24) is 0 Å². The summed E-state index contributed by atoms with van der Waals surface area (Å²) in [4.78, 5) is 25.1. The topological polar surface area (TPSA) is 96.0 Å². The number of ketones is 2. The van der Waals surface area contributed by atoms with E-state index in [1.165, 1.54) is 261 Å². The summed E-state index contributed by atoms with van der Waals surface area (Å²) in [6.45, 7) is 17.6. The summed E-state index contributed by atoms with van der Waals surface area (Å²) in [6, 6.07) is 14.9. The molecule has 4 aromatic heterocycles. The number of carbonyl (C=O) groups excluding carboxylic acids is 2. The van der Waals surface area contributed by atoms with Gasteiger partial charge in [-0.15, -0.1) is 45.3 Å². The molecule has 0 radical (unpaired) electrons. The van der Waals surface area contributed by atoms with Gasteiger partial charge < -0.3 is 9.47 Å². The number of hydrogen-bond donors (Lipinski definition) is 0. The van der Waals surface area contributed by atoms with Crippen LogP contribution in [0.2, 0.25) is 0 Å². The lowest BCUT2D eigenvalue weighted by Gasteiger charge is -2.21. The fourth-order valence-corrected chi connectivity index (χ4v) is 16.4. The summed E-state index contributed by atoms with van der Waals surface area (Å²) >= 11 is 6.33. The molecule has 0 aliphatic heterocycles. The first-order chi connectivity index (χ1) is 42.5. The molecular weight excluding hydrogens is 1170 g/mol. The van der Waals surface area contributed by atoms with Gasteiger partial charge in [-0.3, -0.25) is 13.8 Å². The predicted molar refractivity (Wildman–Crippen MR) is 379 cm³/mol. The third kappa shape index (κ3) is 26.4. The Labute approximate surface area is 545 Å². The molecule has 3 atom stereocenters. The third-order valence-electron chi connectivity index (χ3n) is 17.5. The zero-order valence-electron chi connectivity index (χ0n) is 55.1. The summed E-state index contributed by atoms with van der Waals surface area (Å²) in [6.07, 6.45) is 47.0. The van der Waals surface area contributed by atoms with Crippen LogP contribution in [0.3, 0.4) is 0 Å². The van der Waals surface area contributed by atoms with Gasteiger partial charge in [0.2, 0.25) is 11.6 Å². The molecular formula is C75H114O7S5. The van der Waals surface area contributed by atoms with E-state index < -0.39 is 10.1 Å². The van der Waals surface area contributed by atoms with Crippen molar-refractivity contribution < 1.29 is 31.7 Å². The number of unbranched alkanes of at least 4 members (excludes halogenated alkanes) is 24. The molecule has 87 heavy (non-hydrogen) atoms. The van der Waals surface area contributed by atoms with Crippen LogP contribution in [-0.4, -0.2) is 39.8 Å². The van der Waals surface area contributed by atoms with Crippen molar-refractivity contribution in [3.8, 4) is 11.5 Å². The first-order valence-corrected chi connectivity index (χ1v) is 39.8. The molecule has 486 valence electrons.